The number of halogens is 1. The maximum Gasteiger partial charge on any atom is 0.254 e. The number of pyridine rings is 2. The van der Waals surface area contributed by atoms with Crippen LogP contribution in [0.4, 0.5) is 0 Å². The van der Waals surface area contributed by atoms with Crippen molar-refractivity contribution in [3.8, 4) is 0 Å². The van der Waals surface area contributed by atoms with Gasteiger partial charge in [0.1, 0.15) is 0 Å². The lowest BCUT2D eigenvalue weighted by Crippen LogP contribution is -2.24. The van der Waals surface area contributed by atoms with Gasteiger partial charge in [0.05, 0.1) is 22.8 Å². The van der Waals surface area contributed by atoms with Crippen LogP contribution < -0.4 is 5.32 Å². The first-order valence-corrected chi connectivity index (χ1v) is 6.27. The Labute approximate surface area is 116 Å². The van der Waals surface area contributed by atoms with E-state index in [4.69, 9.17) is 11.6 Å². The van der Waals surface area contributed by atoms with Gasteiger partial charge in [-0.05, 0) is 32.0 Å². The highest BCUT2D eigenvalue weighted by Crippen LogP contribution is 2.15. The van der Waals surface area contributed by atoms with Crippen molar-refractivity contribution in [1.29, 1.82) is 0 Å². The van der Waals surface area contributed by atoms with Gasteiger partial charge in [-0.15, -0.1) is 0 Å². The van der Waals surface area contributed by atoms with Gasteiger partial charge in [0, 0.05) is 17.6 Å². The van der Waals surface area contributed by atoms with E-state index in [2.05, 4.69) is 15.3 Å². The lowest BCUT2D eigenvalue weighted by Gasteiger charge is -2.07. The second-order valence-electron chi connectivity index (χ2n) is 4.26. The van der Waals surface area contributed by atoms with Gasteiger partial charge in [-0.1, -0.05) is 17.7 Å². The second kappa shape index (κ2) is 5.80. The van der Waals surface area contributed by atoms with Crippen molar-refractivity contribution in [2.75, 3.05) is 0 Å². The zero-order chi connectivity index (χ0) is 13.8. The zero-order valence-electron chi connectivity index (χ0n) is 10.8. The average Bonchev–Trinajstić information content (AvgIpc) is 2.36. The molecule has 0 aliphatic carbocycles. The average molecular weight is 276 g/mol. The third-order valence-corrected chi connectivity index (χ3v) is 2.92. The summed E-state index contributed by atoms with van der Waals surface area (Å²) in [6.45, 7) is 4.10. The van der Waals surface area contributed by atoms with Crippen LogP contribution in [0, 0.1) is 13.8 Å². The highest BCUT2D eigenvalue weighted by Gasteiger charge is 2.10. The van der Waals surface area contributed by atoms with E-state index < -0.39 is 0 Å². The van der Waals surface area contributed by atoms with E-state index in [1.807, 2.05) is 32.0 Å². The topological polar surface area (TPSA) is 54.9 Å². The predicted octanol–water partition coefficient (Wildman–Crippen LogP) is 2.68. The SMILES string of the molecule is Cc1cc(Cl)c(C(=O)NCc2cccc(C)n2)cn1. The van der Waals surface area contributed by atoms with Gasteiger partial charge in [-0.3, -0.25) is 14.8 Å². The molecule has 19 heavy (non-hydrogen) atoms. The molecule has 0 fully saturated rings. The molecule has 0 saturated carbocycles. The van der Waals surface area contributed by atoms with Gasteiger partial charge in [-0.2, -0.15) is 0 Å². The van der Waals surface area contributed by atoms with E-state index in [9.17, 15) is 4.79 Å². The molecule has 2 aromatic rings. The number of hydrogen-bond donors (Lipinski definition) is 1. The van der Waals surface area contributed by atoms with E-state index in [0.717, 1.165) is 17.1 Å². The monoisotopic (exact) mass is 275 g/mol. The van der Waals surface area contributed by atoms with E-state index in [0.29, 0.717) is 17.1 Å². The number of carbonyl (C=O) groups excluding carboxylic acids is 1. The normalized spacial score (nSPS) is 10.3. The lowest BCUT2D eigenvalue weighted by molar-refractivity contribution is 0.0950. The Morgan fingerprint density at radius 2 is 2.11 bits per heavy atom. The number of nitrogens with one attached hydrogen (secondary N) is 1. The summed E-state index contributed by atoms with van der Waals surface area (Å²) in [5.41, 5.74) is 2.88. The van der Waals surface area contributed by atoms with Crippen molar-refractivity contribution in [1.82, 2.24) is 15.3 Å². The molecule has 0 unspecified atom stereocenters. The van der Waals surface area contributed by atoms with Gasteiger partial charge >= 0.3 is 0 Å². The van der Waals surface area contributed by atoms with Crippen LogP contribution in [0.3, 0.4) is 0 Å². The van der Waals surface area contributed by atoms with Crippen molar-refractivity contribution in [2.45, 2.75) is 20.4 Å². The Kier molecular flexibility index (Phi) is 4.12. The number of amides is 1. The van der Waals surface area contributed by atoms with Gasteiger partial charge < -0.3 is 5.32 Å². The maximum atomic E-state index is 12.0. The van der Waals surface area contributed by atoms with Gasteiger partial charge in [0.25, 0.3) is 5.91 Å². The molecule has 0 spiro atoms. The summed E-state index contributed by atoms with van der Waals surface area (Å²) in [6, 6.07) is 7.35. The molecule has 1 N–H and O–H groups in total. The molecule has 0 bridgehead atoms. The molecular formula is C14H14ClN3O. The third-order valence-electron chi connectivity index (χ3n) is 2.61. The Morgan fingerprint density at radius 1 is 1.32 bits per heavy atom. The minimum absolute atomic E-state index is 0.249. The smallest absolute Gasteiger partial charge is 0.254 e. The minimum Gasteiger partial charge on any atom is -0.346 e. The summed E-state index contributed by atoms with van der Waals surface area (Å²) in [4.78, 5) is 20.4. The Morgan fingerprint density at radius 3 is 2.79 bits per heavy atom. The van der Waals surface area contributed by atoms with Gasteiger partial charge in [0.15, 0.2) is 0 Å². The summed E-state index contributed by atoms with van der Waals surface area (Å²) in [7, 11) is 0. The molecule has 0 radical (unpaired) electrons. The van der Waals surface area contributed by atoms with Crippen LogP contribution in [-0.2, 0) is 6.54 Å². The van der Waals surface area contributed by atoms with Crippen molar-refractivity contribution in [2.24, 2.45) is 0 Å². The van der Waals surface area contributed by atoms with E-state index in [1.165, 1.54) is 6.20 Å². The van der Waals surface area contributed by atoms with Crippen LogP contribution in [0.15, 0.2) is 30.5 Å². The van der Waals surface area contributed by atoms with Gasteiger partial charge in [0.2, 0.25) is 0 Å². The lowest BCUT2D eigenvalue weighted by atomic mass is 10.2. The molecule has 2 rings (SSSR count). The highest BCUT2D eigenvalue weighted by atomic mass is 35.5. The van der Waals surface area contributed by atoms with Crippen LogP contribution in [0.1, 0.15) is 27.4 Å². The molecule has 1 amide bonds. The predicted molar refractivity (Wildman–Crippen MR) is 74.1 cm³/mol. The molecule has 5 heteroatoms. The standard InChI is InChI=1S/C14H14ClN3O/c1-9-4-3-5-11(18-9)7-17-14(19)12-8-16-10(2)6-13(12)15/h3-6,8H,7H2,1-2H3,(H,17,19). The van der Waals surface area contributed by atoms with Crippen molar-refractivity contribution >= 4 is 17.5 Å². The molecule has 2 heterocycles. The second-order valence-corrected chi connectivity index (χ2v) is 4.67. The zero-order valence-corrected chi connectivity index (χ0v) is 11.5. The fourth-order valence-electron chi connectivity index (χ4n) is 1.66. The maximum absolute atomic E-state index is 12.0. The first-order chi connectivity index (χ1) is 9.06. The van der Waals surface area contributed by atoms with Crippen molar-refractivity contribution in [3.05, 3.63) is 58.1 Å². The van der Waals surface area contributed by atoms with Gasteiger partial charge in [-0.25, -0.2) is 0 Å². The number of carbonyl (C=O) groups is 1. The number of aromatic nitrogens is 2. The van der Waals surface area contributed by atoms with Crippen molar-refractivity contribution in [3.63, 3.8) is 0 Å². The van der Waals surface area contributed by atoms with Crippen LogP contribution >= 0.6 is 11.6 Å². The number of aryl methyl sites for hydroxylation is 2. The number of nitrogens with zero attached hydrogens (tertiary/aromatic N) is 2. The number of rotatable bonds is 3. The molecule has 0 aliphatic heterocycles. The van der Waals surface area contributed by atoms with Crippen LogP contribution in [-0.4, -0.2) is 15.9 Å². The first-order valence-electron chi connectivity index (χ1n) is 5.89. The molecule has 2 aromatic heterocycles. The molecule has 0 aromatic carbocycles. The summed E-state index contributed by atoms with van der Waals surface area (Å²) in [5.74, 6) is -0.249. The Balaban J connectivity index is 2.05. The molecule has 98 valence electrons. The fraction of sp³-hybridized carbons (Fsp3) is 0.214. The minimum atomic E-state index is -0.249. The summed E-state index contributed by atoms with van der Waals surface area (Å²) in [5, 5.41) is 3.18. The summed E-state index contributed by atoms with van der Waals surface area (Å²) in [6.07, 6.45) is 1.48. The summed E-state index contributed by atoms with van der Waals surface area (Å²) >= 11 is 6.01. The van der Waals surface area contributed by atoms with Crippen LogP contribution in [0.2, 0.25) is 5.02 Å². The third kappa shape index (κ3) is 3.51. The van der Waals surface area contributed by atoms with E-state index in [-0.39, 0.29) is 5.91 Å². The fourth-order valence-corrected chi connectivity index (χ4v) is 1.95. The molecule has 0 aliphatic rings. The molecule has 4 nitrogen and oxygen atoms in total. The van der Waals surface area contributed by atoms with Crippen LogP contribution in [0.5, 0.6) is 0 Å². The quantitative estimate of drug-likeness (QED) is 0.937. The largest absolute Gasteiger partial charge is 0.346 e. The van der Waals surface area contributed by atoms with E-state index >= 15 is 0 Å². The van der Waals surface area contributed by atoms with Crippen LogP contribution in [0.25, 0.3) is 0 Å². The molecule has 0 atom stereocenters. The van der Waals surface area contributed by atoms with E-state index in [1.54, 1.807) is 6.07 Å². The molecular weight excluding hydrogens is 262 g/mol. The number of hydrogen-bond acceptors (Lipinski definition) is 3. The first kappa shape index (κ1) is 13.5. The van der Waals surface area contributed by atoms with Crippen molar-refractivity contribution < 1.29 is 4.79 Å². The Hall–Kier alpha value is -1.94. The summed E-state index contributed by atoms with van der Waals surface area (Å²) < 4.78 is 0. The Bertz CT molecular complexity index is 613. The molecule has 0 saturated heterocycles. The highest BCUT2D eigenvalue weighted by molar-refractivity contribution is 6.33.